The van der Waals surface area contributed by atoms with E-state index in [0.29, 0.717) is 106 Å². The van der Waals surface area contributed by atoms with Gasteiger partial charge in [0.1, 0.15) is 0 Å². The molecule has 0 amide bonds. The lowest BCUT2D eigenvalue weighted by Gasteiger charge is -2.12. The Morgan fingerprint density at radius 3 is 1.14 bits per heavy atom. The Morgan fingerprint density at radius 1 is 0.417 bits per heavy atom. The molecule has 0 aromatic heterocycles. The molecule has 0 aliphatic heterocycles. The van der Waals surface area contributed by atoms with Gasteiger partial charge in [-0.15, -0.1) is 0 Å². The Morgan fingerprint density at radius 2 is 0.750 bits per heavy atom. The molecule has 1 N–H and O–H groups in total. The van der Waals surface area contributed by atoms with E-state index in [2.05, 4.69) is 6.92 Å². The van der Waals surface area contributed by atoms with E-state index in [0.717, 1.165) is 6.42 Å². The number of unbranched alkanes of at least 4 members (excludes halogenated alkanes) is 7. The van der Waals surface area contributed by atoms with Crippen molar-refractivity contribution in [3.63, 3.8) is 0 Å². The number of aliphatic hydroxyl groups is 1. The van der Waals surface area contributed by atoms with Crippen LogP contribution in [-0.2, 0) is 37.9 Å². The van der Waals surface area contributed by atoms with E-state index >= 15 is 0 Å². The minimum Gasteiger partial charge on any atom is -0.379 e. The van der Waals surface area contributed by atoms with Crippen molar-refractivity contribution >= 4 is 0 Å². The zero-order valence-corrected chi connectivity index (χ0v) is 23.3. The molecule has 218 valence electrons. The van der Waals surface area contributed by atoms with Crippen LogP contribution in [0.15, 0.2) is 0 Å². The molecule has 9 nitrogen and oxygen atoms in total. The van der Waals surface area contributed by atoms with Gasteiger partial charge in [0.25, 0.3) is 0 Å². The first-order chi connectivity index (χ1) is 17.8. The van der Waals surface area contributed by atoms with Crippen LogP contribution in [0, 0.1) is 0 Å². The van der Waals surface area contributed by atoms with Gasteiger partial charge in [-0.2, -0.15) is 0 Å². The molecule has 0 rings (SSSR count). The van der Waals surface area contributed by atoms with E-state index in [9.17, 15) is 5.11 Å². The predicted molar refractivity (Wildman–Crippen MR) is 141 cm³/mol. The molecule has 0 fully saturated rings. The third-order valence-corrected chi connectivity index (χ3v) is 5.28. The highest BCUT2D eigenvalue weighted by Crippen LogP contribution is 2.11. The van der Waals surface area contributed by atoms with Crippen LogP contribution >= 0.6 is 0 Å². The molecule has 0 heterocycles. The van der Waals surface area contributed by atoms with Crippen LogP contribution < -0.4 is 0 Å². The van der Waals surface area contributed by atoms with Gasteiger partial charge in [-0.1, -0.05) is 51.9 Å². The topological polar surface area (TPSA) is 94.1 Å². The summed E-state index contributed by atoms with van der Waals surface area (Å²) in [5.41, 5.74) is 0. The first-order valence-corrected chi connectivity index (χ1v) is 14.1. The quantitative estimate of drug-likeness (QED) is 0.104. The van der Waals surface area contributed by atoms with Gasteiger partial charge in [-0.25, -0.2) is 0 Å². The van der Waals surface area contributed by atoms with Gasteiger partial charge in [0.15, 0.2) is 6.29 Å². The molecule has 0 aromatic rings. The maximum atomic E-state index is 9.85. The monoisotopic (exact) mass is 524 g/mol. The molecule has 9 heteroatoms. The lowest BCUT2D eigenvalue weighted by atomic mass is 10.1. The number of rotatable bonds is 32. The molecule has 0 radical (unpaired) electrons. The minimum absolute atomic E-state index is 0.397. The van der Waals surface area contributed by atoms with Crippen molar-refractivity contribution < 1.29 is 43.0 Å². The van der Waals surface area contributed by atoms with Gasteiger partial charge >= 0.3 is 0 Å². The van der Waals surface area contributed by atoms with Gasteiger partial charge in [-0.3, -0.25) is 0 Å². The average Bonchev–Trinajstić information content (AvgIpc) is 2.88. The van der Waals surface area contributed by atoms with E-state index < -0.39 is 6.29 Å². The van der Waals surface area contributed by atoms with E-state index in [-0.39, 0.29) is 0 Å². The second kappa shape index (κ2) is 32.7. The highest BCUT2D eigenvalue weighted by molar-refractivity contribution is 4.49. The highest BCUT2D eigenvalue weighted by atomic mass is 16.6. The van der Waals surface area contributed by atoms with Crippen LogP contribution in [0.5, 0.6) is 0 Å². The van der Waals surface area contributed by atoms with Crippen molar-refractivity contribution in [3.05, 3.63) is 0 Å². The van der Waals surface area contributed by atoms with Crippen LogP contribution in [0.3, 0.4) is 0 Å². The normalized spacial score (nSPS) is 12.4. The molecular formula is C27H56O9. The second-order valence-electron chi connectivity index (χ2n) is 8.46. The fourth-order valence-corrected chi connectivity index (χ4v) is 3.24. The van der Waals surface area contributed by atoms with Crippen molar-refractivity contribution in [1.82, 2.24) is 0 Å². The van der Waals surface area contributed by atoms with Crippen LogP contribution in [0.2, 0.25) is 0 Å². The summed E-state index contributed by atoms with van der Waals surface area (Å²) < 4.78 is 43.1. The third kappa shape index (κ3) is 31.7. The number of ether oxygens (including phenoxy) is 8. The molecule has 1 unspecified atom stereocenters. The number of hydrogen-bond acceptors (Lipinski definition) is 9. The predicted octanol–water partition coefficient (Wildman–Crippen LogP) is 3.99. The number of aliphatic hydroxyl groups excluding tert-OH is 1. The molecule has 0 aliphatic carbocycles. The molecule has 0 saturated heterocycles. The Bertz CT molecular complexity index is 388. The fraction of sp³-hybridized carbons (Fsp3) is 1.00. The molecule has 0 spiro atoms. The van der Waals surface area contributed by atoms with Crippen LogP contribution in [0.4, 0.5) is 0 Å². The second-order valence-corrected chi connectivity index (χ2v) is 8.46. The minimum atomic E-state index is -0.686. The SMILES string of the molecule is CCCCCCCCCCC(O)OCCOCCOCCOCCOCCOCCOCCOCC. The highest BCUT2D eigenvalue weighted by Gasteiger charge is 2.03. The summed E-state index contributed by atoms with van der Waals surface area (Å²) in [5.74, 6) is 0. The van der Waals surface area contributed by atoms with Gasteiger partial charge in [0, 0.05) is 6.61 Å². The molecular weight excluding hydrogens is 468 g/mol. The standard InChI is InChI=1S/C27H56O9/c1-3-5-6-7-8-9-10-11-12-27(28)36-26-25-35-24-23-34-22-21-33-20-19-32-18-17-31-16-15-30-14-13-29-4-2/h27-28H,3-26H2,1-2H3. The van der Waals surface area contributed by atoms with Gasteiger partial charge in [-0.05, 0) is 19.8 Å². The number of hydrogen-bond donors (Lipinski definition) is 1. The zero-order chi connectivity index (χ0) is 26.2. The van der Waals surface area contributed by atoms with Crippen molar-refractivity contribution in [2.24, 2.45) is 0 Å². The molecule has 0 saturated carbocycles. The van der Waals surface area contributed by atoms with Crippen molar-refractivity contribution in [3.8, 4) is 0 Å². The lowest BCUT2D eigenvalue weighted by molar-refractivity contribution is -0.118. The van der Waals surface area contributed by atoms with Gasteiger partial charge < -0.3 is 43.0 Å². The summed E-state index contributed by atoms with van der Waals surface area (Å²) in [6.45, 7) is 12.3. The molecule has 0 aliphatic rings. The molecule has 0 aromatic carbocycles. The summed E-state index contributed by atoms with van der Waals surface area (Å²) in [7, 11) is 0. The van der Waals surface area contributed by atoms with Crippen molar-refractivity contribution in [2.75, 3.05) is 99.1 Å². The van der Waals surface area contributed by atoms with Crippen molar-refractivity contribution in [1.29, 1.82) is 0 Å². The third-order valence-electron chi connectivity index (χ3n) is 5.28. The Balaban J connectivity index is 3.10. The largest absolute Gasteiger partial charge is 0.379 e. The lowest BCUT2D eigenvalue weighted by Crippen LogP contribution is -2.17. The van der Waals surface area contributed by atoms with E-state index in [1.807, 2.05) is 6.92 Å². The summed E-state index contributed by atoms with van der Waals surface area (Å²) in [6.07, 6.45) is 10.1. The maximum Gasteiger partial charge on any atom is 0.154 e. The van der Waals surface area contributed by atoms with Crippen molar-refractivity contribution in [2.45, 2.75) is 77.9 Å². The fourth-order valence-electron chi connectivity index (χ4n) is 3.24. The van der Waals surface area contributed by atoms with E-state index in [1.54, 1.807) is 0 Å². The van der Waals surface area contributed by atoms with E-state index in [1.165, 1.54) is 44.9 Å². The summed E-state index contributed by atoms with van der Waals surface area (Å²) >= 11 is 0. The summed E-state index contributed by atoms with van der Waals surface area (Å²) in [5, 5.41) is 9.85. The average molecular weight is 525 g/mol. The summed E-state index contributed by atoms with van der Waals surface area (Å²) in [6, 6.07) is 0. The first-order valence-electron chi connectivity index (χ1n) is 14.1. The molecule has 1 atom stereocenters. The van der Waals surface area contributed by atoms with Gasteiger partial charge in [0.05, 0.1) is 92.5 Å². The van der Waals surface area contributed by atoms with Crippen LogP contribution in [-0.4, -0.2) is 110 Å². The Hall–Kier alpha value is -0.360. The van der Waals surface area contributed by atoms with Crippen LogP contribution in [0.1, 0.15) is 71.6 Å². The smallest absolute Gasteiger partial charge is 0.154 e. The van der Waals surface area contributed by atoms with E-state index in [4.69, 9.17) is 37.9 Å². The first kappa shape index (κ1) is 35.6. The van der Waals surface area contributed by atoms with Crippen LogP contribution in [0.25, 0.3) is 0 Å². The summed E-state index contributed by atoms with van der Waals surface area (Å²) in [4.78, 5) is 0. The van der Waals surface area contributed by atoms with Gasteiger partial charge in [0.2, 0.25) is 0 Å². The maximum absolute atomic E-state index is 9.85. The Labute approximate surface area is 220 Å². The molecule has 36 heavy (non-hydrogen) atoms. The molecule has 0 bridgehead atoms. The Kier molecular flexibility index (Phi) is 32.3. The zero-order valence-electron chi connectivity index (χ0n) is 23.3.